The van der Waals surface area contributed by atoms with Crippen molar-refractivity contribution in [1.29, 1.82) is 0 Å². The van der Waals surface area contributed by atoms with E-state index in [-0.39, 0.29) is 24.2 Å². The van der Waals surface area contributed by atoms with E-state index < -0.39 is 0 Å². The van der Waals surface area contributed by atoms with Crippen LogP contribution in [0.4, 0.5) is 10.1 Å². The van der Waals surface area contributed by atoms with Crippen LogP contribution in [0.3, 0.4) is 0 Å². The second-order valence-corrected chi connectivity index (χ2v) is 8.17. The Kier molecular flexibility index (Phi) is 5.87. The highest BCUT2D eigenvalue weighted by molar-refractivity contribution is 5.77. The first-order valence-electron chi connectivity index (χ1n) is 10.4. The van der Waals surface area contributed by atoms with Gasteiger partial charge in [-0.25, -0.2) is 4.39 Å². The smallest absolute Gasteiger partial charge is 0.157 e. The molecule has 0 saturated carbocycles. The number of hydrogen-bond donors (Lipinski definition) is 5. The molecule has 28 heavy (non-hydrogen) atoms. The van der Waals surface area contributed by atoms with Gasteiger partial charge in [0.1, 0.15) is 12.0 Å². The average molecular weight is 390 g/mol. The number of allylic oxidation sites excluding steroid dienone is 1. The highest BCUT2D eigenvalue weighted by Crippen LogP contribution is 2.45. The molecular formula is C21H32FN5O. The van der Waals surface area contributed by atoms with E-state index in [9.17, 15) is 0 Å². The summed E-state index contributed by atoms with van der Waals surface area (Å²) in [6.07, 6.45) is 4.92. The van der Waals surface area contributed by atoms with E-state index in [1.54, 1.807) is 0 Å². The van der Waals surface area contributed by atoms with Crippen LogP contribution in [0.2, 0.25) is 0 Å². The monoisotopic (exact) mass is 389 g/mol. The minimum Gasteiger partial charge on any atom is -0.492 e. The maximum atomic E-state index is 15.7. The Bertz CT molecular complexity index is 753. The molecule has 4 rings (SSSR count). The third-order valence-corrected chi connectivity index (χ3v) is 5.92. The fraction of sp³-hybridized carbons (Fsp3) is 0.619. The number of rotatable bonds is 4. The van der Waals surface area contributed by atoms with Gasteiger partial charge in [0.15, 0.2) is 5.82 Å². The molecule has 3 aliphatic rings. The molecule has 0 radical (unpaired) electrons. The number of benzene rings is 1. The fourth-order valence-corrected chi connectivity index (χ4v) is 4.37. The van der Waals surface area contributed by atoms with Crippen LogP contribution in [0, 0.1) is 5.82 Å². The van der Waals surface area contributed by atoms with Crippen molar-refractivity contribution >= 4 is 11.3 Å². The zero-order valence-electron chi connectivity index (χ0n) is 17.0. The Morgan fingerprint density at radius 1 is 1.25 bits per heavy atom. The van der Waals surface area contributed by atoms with Gasteiger partial charge in [-0.05, 0) is 51.4 Å². The summed E-state index contributed by atoms with van der Waals surface area (Å²) in [5.74, 6) is 0.772. The largest absolute Gasteiger partial charge is 0.492 e. The van der Waals surface area contributed by atoms with Crippen molar-refractivity contribution in [2.24, 2.45) is 0 Å². The predicted octanol–water partition coefficient (Wildman–Crippen LogP) is 2.30. The van der Waals surface area contributed by atoms with Gasteiger partial charge in [-0.1, -0.05) is 13.0 Å². The maximum absolute atomic E-state index is 15.7. The summed E-state index contributed by atoms with van der Waals surface area (Å²) in [5, 5.41) is 16.9. The molecule has 1 fully saturated rings. The summed E-state index contributed by atoms with van der Waals surface area (Å²) in [7, 11) is 1.94. The molecule has 0 bridgehead atoms. The topological polar surface area (TPSA) is 69.4 Å². The Balaban J connectivity index is 1.69. The van der Waals surface area contributed by atoms with Crippen LogP contribution in [-0.2, 0) is 0 Å². The van der Waals surface area contributed by atoms with Crippen LogP contribution < -0.4 is 31.3 Å². The zero-order chi connectivity index (χ0) is 19.7. The quantitative estimate of drug-likeness (QED) is 0.545. The summed E-state index contributed by atoms with van der Waals surface area (Å²) in [5.41, 5.74) is 3.30. The molecule has 0 aliphatic carbocycles. The number of ether oxygens (including phenoxy) is 1. The first kappa shape index (κ1) is 19.6. The van der Waals surface area contributed by atoms with Crippen molar-refractivity contribution in [3.8, 4) is 5.75 Å². The summed E-state index contributed by atoms with van der Waals surface area (Å²) in [6, 6.07) is 2.25. The molecule has 4 atom stereocenters. The normalized spacial score (nSPS) is 30.2. The third kappa shape index (κ3) is 3.89. The van der Waals surface area contributed by atoms with Crippen molar-refractivity contribution in [1.82, 2.24) is 21.3 Å². The van der Waals surface area contributed by atoms with E-state index in [1.165, 1.54) is 0 Å². The number of nitrogens with one attached hydrogen (secondary N) is 5. The molecule has 1 aromatic carbocycles. The molecular weight excluding hydrogens is 357 g/mol. The van der Waals surface area contributed by atoms with Crippen LogP contribution >= 0.6 is 0 Å². The van der Waals surface area contributed by atoms with E-state index in [1.807, 2.05) is 13.1 Å². The van der Waals surface area contributed by atoms with Crippen molar-refractivity contribution in [2.45, 2.75) is 57.5 Å². The molecule has 3 heterocycles. The van der Waals surface area contributed by atoms with Crippen LogP contribution in [0.25, 0.3) is 5.57 Å². The summed E-state index contributed by atoms with van der Waals surface area (Å²) in [6.45, 7) is 6.61. The molecule has 6 nitrogen and oxygen atoms in total. The molecule has 0 aromatic heterocycles. The predicted molar refractivity (Wildman–Crippen MR) is 111 cm³/mol. The van der Waals surface area contributed by atoms with Crippen LogP contribution in [0.5, 0.6) is 5.75 Å². The van der Waals surface area contributed by atoms with E-state index >= 15 is 4.39 Å². The van der Waals surface area contributed by atoms with Gasteiger partial charge in [0, 0.05) is 24.1 Å². The number of anilines is 1. The van der Waals surface area contributed by atoms with E-state index in [0.717, 1.165) is 49.2 Å². The lowest BCUT2D eigenvalue weighted by Gasteiger charge is -2.37. The highest BCUT2D eigenvalue weighted by atomic mass is 19.1. The molecule has 0 amide bonds. The fourth-order valence-electron chi connectivity index (χ4n) is 4.37. The van der Waals surface area contributed by atoms with E-state index in [4.69, 9.17) is 4.74 Å². The highest BCUT2D eigenvalue weighted by Gasteiger charge is 2.31. The Hall–Kier alpha value is -1.67. The van der Waals surface area contributed by atoms with Gasteiger partial charge >= 0.3 is 0 Å². The first-order valence-corrected chi connectivity index (χ1v) is 10.4. The standard InChI is InChI=1S/C21H32FN5O/c1-12-11-28-20-15(12)10-16(26-21-25-13(2)9-17(23-3)27-21)19(22)18(20)14-5-4-7-24-8-6-14/h6,10,12-13,17,21,23-27H,4-5,7-9,11H2,1-3H3/t12-,13?,17?,21?/m0/s1. The number of hydrogen-bond acceptors (Lipinski definition) is 6. The summed E-state index contributed by atoms with van der Waals surface area (Å²) in [4.78, 5) is 0. The third-order valence-electron chi connectivity index (χ3n) is 5.92. The summed E-state index contributed by atoms with van der Waals surface area (Å²) < 4.78 is 21.7. The minimum atomic E-state index is -0.219. The molecule has 5 N–H and O–H groups in total. The van der Waals surface area contributed by atoms with Crippen LogP contribution in [0.15, 0.2) is 12.1 Å². The molecule has 154 valence electrons. The van der Waals surface area contributed by atoms with Gasteiger partial charge < -0.3 is 20.7 Å². The lowest BCUT2D eigenvalue weighted by Crippen LogP contribution is -2.63. The second kappa shape index (κ2) is 8.37. The number of halogens is 1. The first-order chi connectivity index (χ1) is 13.6. The Morgan fingerprint density at radius 3 is 2.93 bits per heavy atom. The average Bonchev–Trinajstić information content (AvgIpc) is 2.88. The van der Waals surface area contributed by atoms with Gasteiger partial charge in [0.2, 0.25) is 0 Å². The molecule has 3 unspecified atom stereocenters. The summed E-state index contributed by atoms with van der Waals surface area (Å²) >= 11 is 0. The zero-order valence-corrected chi connectivity index (χ0v) is 17.0. The van der Waals surface area contributed by atoms with Crippen LogP contribution in [0.1, 0.15) is 50.2 Å². The van der Waals surface area contributed by atoms with Gasteiger partial charge in [-0.2, -0.15) is 0 Å². The second-order valence-electron chi connectivity index (χ2n) is 8.17. The number of fused-ring (bicyclic) bond motifs is 1. The van der Waals surface area contributed by atoms with Gasteiger partial charge in [-0.15, -0.1) is 0 Å². The van der Waals surface area contributed by atoms with Gasteiger partial charge in [-0.3, -0.25) is 10.6 Å². The van der Waals surface area contributed by atoms with Crippen molar-refractivity contribution in [3.05, 3.63) is 29.1 Å². The Labute approximate surface area is 166 Å². The van der Waals surface area contributed by atoms with Gasteiger partial charge in [0.05, 0.1) is 24.0 Å². The van der Waals surface area contributed by atoms with Crippen LogP contribution in [-0.4, -0.2) is 45.2 Å². The lowest BCUT2D eigenvalue weighted by atomic mass is 9.93. The minimum absolute atomic E-state index is 0.184. The molecule has 1 aromatic rings. The molecule has 1 saturated heterocycles. The van der Waals surface area contributed by atoms with E-state index in [2.05, 4.69) is 46.5 Å². The SMILES string of the molecule is CNC1CC(C)NC(Nc2cc3c(c(C4=CCNCCC4)c2F)OC[C@@H]3C)N1. The Morgan fingerprint density at radius 2 is 2.11 bits per heavy atom. The molecule has 0 spiro atoms. The molecule has 3 aliphatic heterocycles. The van der Waals surface area contributed by atoms with Crippen molar-refractivity contribution < 1.29 is 9.13 Å². The van der Waals surface area contributed by atoms with Crippen molar-refractivity contribution in [2.75, 3.05) is 32.1 Å². The lowest BCUT2D eigenvalue weighted by molar-refractivity contribution is 0.249. The molecule has 7 heteroatoms. The van der Waals surface area contributed by atoms with E-state index in [0.29, 0.717) is 23.9 Å². The van der Waals surface area contributed by atoms with Gasteiger partial charge in [0.25, 0.3) is 0 Å². The van der Waals surface area contributed by atoms with Crippen molar-refractivity contribution in [3.63, 3.8) is 0 Å². The maximum Gasteiger partial charge on any atom is 0.157 e.